The van der Waals surface area contributed by atoms with Crippen molar-refractivity contribution >= 4 is 29.1 Å². The van der Waals surface area contributed by atoms with E-state index in [9.17, 15) is 9.18 Å². The zero-order valence-electron chi connectivity index (χ0n) is 11.5. The van der Waals surface area contributed by atoms with Crippen LogP contribution in [0.1, 0.15) is 5.56 Å². The average molecular weight is 313 g/mol. The number of thioether (sulfide) groups is 1. The molecule has 0 spiro atoms. The van der Waals surface area contributed by atoms with E-state index in [4.69, 9.17) is 0 Å². The Kier molecular flexibility index (Phi) is 4.29. The first-order valence-electron chi connectivity index (χ1n) is 6.61. The smallest absolute Gasteiger partial charge is 0.236 e. The number of carbonyl (C=O) groups excluding carboxylic acids is 1. The van der Waals surface area contributed by atoms with Crippen molar-refractivity contribution < 1.29 is 9.18 Å². The maximum Gasteiger partial charge on any atom is 0.236 e. The summed E-state index contributed by atoms with van der Waals surface area (Å²) in [5, 5.41) is 10.8. The third kappa shape index (κ3) is 3.40. The molecule has 3 rings (SSSR count). The van der Waals surface area contributed by atoms with Crippen LogP contribution in [0, 0.1) is 5.82 Å². The van der Waals surface area contributed by atoms with Crippen LogP contribution in [-0.2, 0) is 4.79 Å². The fourth-order valence-electron chi connectivity index (χ4n) is 1.99. The van der Waals surface area contributed by atoms with Crippen LogP contribution in [0.3, 0.4) is 0 Å². The van der Waals surface area contributed by atoms with Crippen LogP contribution in [0.15, 0.2) is 58.7 Å². The maximum absolute atomic E-state index is 14.2. The van der Waals surface area contributed by atoms with E-state index in [1.165, 1.54) is 24.0 Å². The molecule has 1 aliphatic rings. The lowest BCUT2D eigenvalue weighted by Gasteiger charge is -2.03. The molecule has 0 aromatic heterocycles. The standard InChI is InChI=1S/C16H12FN3OS/c17-14-8-11(9-18-20-16-19-15(21)10-22-16)6-7-13(14)12-4-2-1-3-5-12/h1-9H,10H2,(H,19,20,21). The molecule has 1 N–H and O–H groups in total. The minimum Gasteiger partial charge on any atom is -0.303 e. The summed E-state index contributed by atoms with van der Waals surface area (Å²) in [6.07, 6.45) is 1.45. The van der Waals surface area contributed by atoms with E-state index in [0.717, 1.165) is 5.56 Å². The van der Waals surface area contributed by atoms with E-state index in [1.807, 2.05) is 30.3 Å². The Morgan fingerprint density at radius 2 is 2.00 bits per heavy atom. The zero-order valence-corrected chi connectivity index (χ0v) is 12.3. The molecule has 1 saturated heterocycles. The van der Waals surface area contributed by atoms with Crippen LogP contribution < -0.4 is 5.32 Å². The second-order valence-electron chi connectivity index (χ2n) is 4.59. The maximum atomic E-state index is 14.2. The highest BCUT2D eigenvalue weighted by Crippen LogP contribution is 2.22. The predicted octanol–water partition coefficient (Wildman–Crippen LogP) is 3.05. The van der Waals surface area contributed by atoms with Crippen molar-refractivity contribution in [3.8, 4) is 11.1 Å². The molecule has 0 aliphatic carbocycles. The number of nitrogens with one attached hydrogen (secondary N) is 1. The third-order valence-electron chi connectivity index (χ3n) is 3.02. The van der Waals surface area contributed by atoms with Gasteiger partial charge in [0.05, 0.1) is 12.0 Å². The summed E-state index contributed by atoms with van der Waals surface area (Å²) in [7, 11) is 0. The lowest BCUT2D eigenvalue weighted by Crippen LogP contribution is -2.19. The molecule has 1 fully saturated rings. The molecule has 1 aliphatic heterocycles. The van der Waals surface area contributed by atoms with Gasteiger partial charge in [-0.1, -0.05) is 54.2 Å². The Morgan fingerprint density at radius 1 is 1.18 bits per heavy atom. The van der Waals surface area contributed by atoms with Gasteiger partial charge in [0.1, 0.15) is 5.82 Å². The minimum atomic E-state index is -0.314. The van der Waals surface area contributed by atoms with Crippen molar-refractivity contribution in [1.29, 1.82) is 0 Å². The van der Waals surface area contributed by atoms with E-state index in [-0.39, 0.29) is 11.7 Å². The zero-order chi connectivity index (χ0) is 15.4. The molecule has 6 heteroatoms. The van der Waals surface area contributed by atoms with Crippen molar-refractivity contribution in [1.82, 2.24) is 5.32 Å². The van der Waals surface area contributed by atoms with Crippen LogP contribution in [0.5, 0.6) is 0 Å². The van der Waals surface area contributed by atoms with Crippen LogP contribution in [0.2, 0.25) is 0 Å². The van der Waals surface area contributed by atoms with Crippen LogP contribution in [0.4, 0.5) is 4.39 Å². The largest absolute Gasteiger partial charge is 0.303 e. The second-order valence-corrected chi connectivity index (χ2v) is 5.56. The summed E-state index contributed by atoms with van der Waals surface area (Å²) >= 11 is 1.29. The number of amidine groups is 1. The molecular weight excluding hydrogens is 301 g/mol. The topological polar surface area (TPSA) is 53.8 Å². The van der Waals surface area contributed by atoms with Gasteiger partial charge in [0, 0.05) is 5.56 Å². The highest BCUT2D eigenvalue weighted by Gasteiger charge is 2.15. The quantitative estimate of drug-likeness (QED) is 0.699. The number of rotatable bonds is 3. The second kappa shape index (κ2) is 6.53. The fourth-order valence-corrected chi connectivity index (χ4v) is 2.62. The van der Waals surface area contributed by atoms with Crippen molar-refractivity contribution in [3.05, 3.63) is 59.9 Å². The molecule has 0 unspecified atom stereocenters. The number of halogens is 1. The van der Waals surface area contributed by atoms with Crippen LogP contribution >= 0.6 is 11.8 Å². The van der Waals surface area contributed by atoms with E-state index in [0.29, 0.717) is 22.0 Å². The molecule has 2 aromatic rings. The average Bonchev–Trinajstić information content (AvgIpc) is 2.94. The van der Waals surface area contributed by atoms with Gasteiger partial charge in [-0.05, 0) is 17.2 Å². The number of amides is 1. The Labute approximate surface area is 131 Å². The highest BCUT2D eigenvalue weighted by atomic mass is 32.2. The fraction of sp³-hybridized carbons (Fsp3) is 0.0625. The molecule has 0 saturated carbocycles. The molecule has 2 aromatic carbocycles. The summed E-state index contributed by atoms with van der Waals surface area (Å²) in [5.74, 6) is -0.0436. The van der Waals surface area contributed by atoms with Crippen molar-refractivity contribution in [2.24, 2.45) is 10.2 Å². The van der Waals surface area contributed by atoms with Crippen LogP contribution in [-0.4, -0.2) is 23.0 Å². The van der Waals surface area contributed by atoms with Gasteiger partial charge in [-0.2, -0.15) is 5.10 Å². The Morgan fingerprint density at radius 3 is 2.68 bits per heavy atom. The first kappa shape index (κ1) is 14.5. The minimum absolute atomic E-state index is 0.0859. The normalized spacial score (nSPS) is 16.4. The van der Waals surface area contributed by atoms with E-state index < -0.39 is 0 Å². The van der Waals surface area contributed by atoms with Crippen molar-refractivity contribution in [3.63, 3.8) is 0 Å². The Hall–Kier alpha value is -2.47. The van der Waals surface area contributed by atoms with Gasteiger partial charge in [0.15, 0.2) is 5.17 Å². The van der Waals surface area contributed by atoms with Crippen LogP contribution in [0.25, 0.3) is 11.1 Å². The molecule has 4 nitrogen and oxygen atoms in total. The predicted molar refractivity (Wildman–Crippen MR) is 87.5 cm³/mol. The summed E-state index contributed by atoms with van der Waals surface area (Å²) in [6.45, 7) is 0. The SMILES string of the molecule is O=C1CSC(=NN=Cc2ccc(-c3ccccc3)c(F)c2)N1. The number of hydrogen-bond donors (Lipinski definition) is 1. The van der Waals surface area contributed by atoms with Gasteiger partial charge in [0.2, 0.25) is 5.91 Å². The Bertz CT molecular complexity index is 759. The monoisotopic (exact) mass is 313 g/mol. The molecular formula is C16H12FN3OS. The summed E-state index contributed by atoms with van der Waals surface area (Å²) < 4.78 is 14.2. The molecule has 0 bridgehead atoms. The molecule has 1 amide bonds. The van der Waals surface area contributed by atoms with Gasteiger partial charge in [-0.3, -0.25) is 4.79 Å². The molecule has 1 heterocycles. The van der Waals surface area contributed by atoms with Gasteiger partial charge >= 0.3 is 0 Å². The molecule has 0 atom stereocenters. The lowest BCUT2D eigenvalue weighted by molar-refractivity contribution is -0.116. The third-order valence-corrected chi connectivity index (χ3v) is 3.88. The van der Waals surface area contributed by atoms with Gasteiger partial charge in [-0.15, -0.1) is 5.10 Å². The highest BCUT2D eigenvalue weighted by molar-refractivity contribution is 8.15. The molecule has 0 radical (unpaired) electrons. The van der Waals surface area contributed by atoms with Gasteiger partial charge in [-0.25, -0.2) is 4.39 Å². The van der Waals surface area contributed by atoms with E-state index >= 15 is 0 Å². The lowest BCUT2D eigenvalue weighted by atomic mass is 10.0. The number of nitrogens with zero attached hydrogens (tertiary/aromatic N) is 2. The van der Waals surface area contributed by atoms with Gasteiger partial charge < -0.3 is 5.32 Å². The number of carbonyl (C=O) groups is 1. The Balaban J connectivity index is 1.76. The number of hydrogen-bond acceptors (Lipinski definition) is 4. The molecule has 22 heavy (non-hydrogen) atoms. The molecule has 110 valence electrons. The van der Waals surface area contributed by atoms with E-state index in [2.05, 4.69) is 15.5 Å². The van der Waals surface area contributed by atoms with Gasteiger partial charge in [0.25, 0.3) is 0 Å². The summed E-state index contributed by atoms with van der Waals surface area (Å²) in [5.41, 5.74) is 1.98. The summed E-state index contributed by atoms with van der Waals surface area (Å²) in [4.78, 5) is 11.0. The first-order valence-corrected chi connectivity index (χ1v) is 7.59. The summed E-state index contributed by atoms with van der Waals surface area (Å²) in [6, 6.07) is 14.2. The number of benzene rings is 2. The van der Waals surface area contributed by atoms with Crippen molar-refractivity contribution in [2.45, 2.75) is 0 Å². The first-order chi connectivity index (χ1) is 10.7. The van der Waals surface area contributed by atoms with Crippen molar-refractivity contribution in [2.75, 3.05) is 5.75 Å². The van der Waals surface area contributed by atoms with E-state index in [1.54, 1.807) is 12.1 Å².